The van der Waals surface area contributed by atoms with Crippen LogP contribution in [0, 0.1) is 12.8 Å². The van der Waals surface area contributed by atoms with Crippen molar-refractivity contribution in [2.75, 3.05) is 20.2 Å². The van der Waals surface area contributed by atoms with Crippen LogP contribution in [-0.4, -0.2) is 62.3 Å². The molecule has 9 heteroatoms. The summed E-state index contributed by atoms with van der Waals surface area (Å²) in [6.07, 6.45) is 9.27. The molecule has 1 saturated heterocycles. The highest BCUT2D eigenvalue weighted by molar-refractivity contribution is 5.96. The second kappa shape index (κ2) is 10.7. The molecular formula is C25H31N5O4. The van der Waals surface area contributed by atoms with Gasteiger partial charge in [0.25, 0.3) is 0 Å². The van der Waals surface area contributed by atoms with Crippen LogP contribution < -0.4 is 4.74 Å². The number of carbonyl (C=O) groups is 3. The van der Waals surface area contributed by atoms with Crippen LogP contribution >= 0.6 is 0 Å². The summed E-state index contributed by atoms with van der Waals surface area (Å²) in [5.41, 5.74) is 2.53. The first kappa shape index (κ1) is 23.8. The topological polar surface area (TPSA) is 107 Å². The third kappa shape index (κ3) is 5.40. The third-order valence-corrected chi connectivity index (χ3v) is 6.65. The number of hydrogen-bond acceptors (Lipinski definition) is 7. The van der Waals surface area contributed by atoms with Gasteiger partial charge in [-0.05, 0) is 51.5 Å². The molecule has 2 aromatic rings. The predicted molar refractivity (Wildman–Crippen MR) is 125 cm³/mol. The number of rotatable bonds is 7. The van der Waals surface area contributed by atoms with Crippen molar-refractivity contribution in [1.29, 1.82) is 0 Å². The Hall–Kier alpha value is -3.36. The smallest absolute Gasteiger partial charge is 0.233 e. The molecule has 0 spiro atoms. The summed E-state index contributed by atoms with van der Waals surface area (Å²) in [5.74, 6) is 0.939. The van der Waals surface area contributed by atoms with Gasteiger partial charge in [-0.3, -0.25) is 14.4 Å². The zero-order chi connectivity index (χ0) is 24.1. The molecule has 1 amide bonds. The molecule has 0 atom stereocenters. The predicted octanol–water partition coefficient (Wildman–Crippen LogP) is 3.49. The van der Waals surface area contributed by atoms with Gasteiger partial charge in [0.15, 0.2) is 17.4 Å². The molecular weight excluding hydrogens is 434 g/mol. The first-order chi connectivity index (χ1) is 16.5. The molecule has 4 rings (SSSR count). The van der Waals surface area contributed by atoms with E-state index in [1.54, 1.807) is 18.3 Å². The second-order valence-corrected chi connectivity index (χ2v) is 8.99. The minimum Gasteiger partial charge on any atom is -0.480 e. The van der Waals surface area contributed by atoms with Crippen molar-refractivity contribution < 1.29 is 19.1 Å². The zero-order valence-corrected chi connectivity index (χ0v) is 19.8. The Morgan fingerprint density at radius 3 is 2.65 bits per heavy atom. The van der Waals surface area contributed by atoms with E-state index in [9.17, 15) is 14.4 Å². The molecule has 0 bridgehead atoms. The Bertz CT molecular complexity index is 1080. The van der Waals surface area contributed by atoms with Gasteiger partial charge in [-0.2, -0.15) is 0 Å². The van der Waals surface area contributed by atoms with Crippen molar-refractivity contribution in [3.8, 4) is 5.88 Å². The van der Waals surface area contributed by atoms with Crippen LogP contribution in [0.4, 0.5) is 0 Å². The molecule has 0 saturated carbocycles. The Labute approximate surface area is 199 Å². The van der Waals surface area contributed by atoms with E-state index in [1.807, 2.05) is 22.6 Å². The lowest BCUT2D eigenvalue weighted by molar-refractivity contribution is -0.132. The third-order valence-electron chi connectivity index (χ3n) is 6.65. The summed E-state index contributed by atoms with van der Waals surface area (Å²) < 4.78 is 6.87. The van der Waals surface area contributed by atoms with Gasteiger partial charge < -0.3 is 14.2 Å². The van der Waals surface area contributed by atoms with Crippen LogP contribution in [0.1, 0.15) is 78.2 Å². The molecule has 4 heterocycles. The van der Waals surface area contributed by atoms with Crippen LogP contribution in [0.5, 0.6) is 5.88 Å². The molecule has 1 fully saturated rings. The van der Waals surface area contributed by atoms with Crippen molar-refractivity contribution in [2.45, 2.75) is 58.3 Å². The van der Waals surface area contributed by atoms with Crippen LogP contribution in [0.3, 0.4) is 0 Å². The normalized spacial score (nSPS) is 16.9. The fourth-order valence-electron chi connectivity index (χ4n) is 4.63. The summed E-state index contributed by atoms with van der Waals surface area (Å²) in [6, 6.07) is 3.27. The first-order valence-electron chi connectivity index (χ1n) is 11.9. The van der Waals surface area contributed by atoms with E-state index in [0.29, 0.717) is 56.2 Å². The lowest BCUT2D eigenvalue weighted by Gasteiger charge is -2.31. The van der Waals surface area contributed by atoms with E-state index in [4.69, 9.17) is 4.74 Å². The average Bonchev–Trinajstić information content (AvgIpc) is 3.21. The Morgan fingerprint density at radius 1 is 1.15 bits per heavy atom. The quantitative estimate of drug-likeness (QED) is 0.576. The molecule has 0 unspecified atom stereocenters. The highest BCUT2D eigenvalue weighted by atomic mass is 16.5. The lowest BCUT2D eigenvalue weighted by Crippen LogP contribution is -2.40. The number of nitrogens with zero attached hydrogens (tertiary/aromatic N) is 5. The molecule has 2 aliphatic rings. The molecule has 0 aliphatic carbocycles. The van der Waals surface area contributed by atoms with Gasteiger partial charge in [0.05, 0.1) is 7.11 Å². The minimum atomic E-state index is -0.137. The van der Waals surface area contributed by atoms with Gasteiger partial charge in [-0.15, -0.1) is 10.2 Å². The van der Waals surface area contributed by atoms with Gasteiger partial charge >= 0.3 is 0 Å². The number of Topliss-reactive ketones (excluding diaryl/α,β-unsaturated/α-hetero) is 2. The van der Waals surface area contributed by atoms with E-state index < -0.39 is 0 Å². The number of fused-ring (bicyclic) bond motifs is 1. The molecule has 2 aliphatic heterocycles. The fourth-order valence-corrected chi connectivity index (χ4v) is 4.63. The van der Waals surface area contributed by atoms with Gasteiger partial charge in [-0.1, -0.05) is 5.57 Å². The van der Waals surface area contributed by atoms with Crippen molar-refractivity contribution >= 4 is 23.7 Å². The molecule has 0 N–H and O–H groups in total. The number of aromatic nitrogens is 4. The maximum Gasteiger partial charge on any atom is 0.233 e. The number of aryl methyl sites for hydroxylation is 1. The molecule has 0 radical (unpaired) electrons. The number of allylic oxidation sites excluding steroid dienone is 1. The number of methoxy groups -OCH3 is 1. The standard InChI is InChI=1S/C25H31N5O4/c1-17-15-26-25-21(31)7-3-5-18(16-30(17)25)6-4-8-23(32)29-13-11-19(12-14-29)24(33)20-9-10-22(34-2)28-27-20/h9-10,15-16,19H,3-8,11-14H2,1-2H3. The Kier molecular flexibility index (Phi) is 7.49. The van der Waals surface area contributed by atoms with E-state index in [-0.39, 0.29) is 23.4 Å². The Morgan fingerprint density at radius 2 is 1.94 bits per heavy atom. The zero-order valence-electron chi connectivity index (χ0n) is 19.8. The summed E-state index contributed by atoms with van der Waals surface area (Å²) >= 11 is 0. The van der Waals surface area contributed by atoms with Crippen molar-refractivity contribution in [3.63, 3.8) is 0 Å². The number of amides is 1. The number of hydrogen-bond donors (Lipinski definition) is 0. The van der Waals surface area contributed by atoms with E-state index in [2.05, 4.69) is 15.2 Å². The van der Waals surface area contributed by atoms with E-state index in [1.165, 1.54) is 12.7 Å². The summed E-state index contributed by atoms with van der Waals surface area (Å²) in [4.78, 5) is 43.8. The van der Waals surface area contributed by atoms with Gasteiger partial charge in [0, 0.05) is 56.0 Å². The van der Waals surface area contributed by atoms with Crippen LogP contribution in [0.15, 0.2) is 23.9 Å². The Balaban J connectivity index is 1.25. The summed E-state index contributed by atoms with van der Waals surface area (Å²) in [6.45, 7) is 3.11. The molecule has 34 heavy (non-hydrogen) atoms. The molecule has 2 aromatic heterocycles. The molecule has 9 nitrogen and oxygen atoms in total. The SMILES string of the molecule is COc1ccc(C(=O)C2CCN(C(=O)CCCC3=Cn4c(C)cnc4C(=O)CCC3)CC2)nn1. The number of carbonyl (C=O) groups excluding carboxylic acids is 3. The lowest BCUT2D eigenvalue weighted by atomic mass is 9.90. The van der Waals surface area contributed by atoms with Crippen LogP contribution in [-0.2, 0) is 4.79 Å². The van der Waals surface area contributed by atoms with Gasteiger partial charge in [0.1, 0.15) is 5.69 Å². The monoisotopic (exact) mass is 465 g/mol. The number of imidazole rings is 1. The maximum absolute atomic E-state index is 12.8. The number of piperidine rings is 1. The fraction of sp³-hybridized carbons (Fsp3) is 0.520. The van der Waals surface area contributed by atoms with E-state index in [0.717, 1.165) is 31.4 Å². The second-order valence-electron chi connectivity index (χ2n) is 8.99. The number of ether oxygens (including phenoxy) is 1. The average molecular weight is 466 g/mol. The highest BCUT2D eigenvalue weighted by Crippen LogP contribution is 2.24. The molecule has 180 valence electrons. The van der Waals surface area contributed by atoms with Crippen molar-refractivity contribution in [3.05, 3.63) is 41.1 Å². The summed E-state index contributed by atoms with van der Waals surface area (Å²) in [7, 11) is 1.51. The van der Waals surface area contributed by atoms with Crippen LogP contribution in [0.2, 0.25) is 0 Å². The number of ketones is 2. The number of likely N-dealkylation sites (tertiary alicyclic amines) is 1. The van der Waals surface area contributed by atoms with Crippen molar-refractivity contribution in [1.82, 2.24) is 24.6 Å². The maximum atomic E-state index is 12.8. The largest absolute Gasteiger partial charge is 0.480 e. The highest BCUT2D eigenvalue weighted by Gasteiger charge is 2.28. The van der Waals surface area contributed by atoms with Crippen LogP contribution in [0.25, 0.3) is 6.20 Å². The van der Waals surface area contributed by atoms with Crippen molar-refractivity contribution in [2.24, 2.45) is 5.92 Å². The molecule has 0 aromatic carbocycles. The summed E-state index contributed by atoms with van der Waals surface area (Å²) in [5, 5.41) is 7.84. The van der Waals surface area contributed by atoms with Gasteiger partial charge in [0.2, 0.25) is 11.8 Å². The van der Waals surface area contributed by atoms with E-state index >= 15 is 0 Å². The van der Waals surface area contributed by atoms with Gasteiger partial charge in [-0.25, -0.2) is 4.98 Å². The minimum absolute atomic E-state index is 0.0221. The first-order valence-corrected chi connectivity index (χ1v) is 11.9.